The summed E-state index contributed by atoms with van der Waals surface area (Å²) < 4.78 is 13.7. The highest BCUT2D eigenvalue weighted by molar-refractivity contribution is 6.30. The molecule has 2 heterocycles. The van der Waals surface area contributed by atoms with Gasteiger partial charge in [-0.2, -0.15) is 0 Å². The second kappa shape index (κ2) is 6.31. The Labute approximate surface area is 128 Å². The monoisotopic (exact) mass is 305 g/mol. The molecule has 0 amide bonds. The number of nitrogens with one attached hydrogen (secondary N) is 1. The van der Waals surface area contributed by atoms with Gasteiger partial charge in [-0.25, -0.2) is 9.37 Å². The Balaban J connectivity index is 1.60. The van der Waals surface area contributed by atoms with E-state index in [4.69, 9.17) is 11.6 Å². The number of aromatic nitrogens is 1. The van der Waals surface area contributed by atoms with Crippen LogP contribution in [0.4, 0.5) is 15.9 Å². The van der Waals surface area contributed by atoms with Gasteiger partial charge in [0.1, 0.15) is 11.6 Å². The molecule has 21 heavy (non-hydrogen) atoms. The zero-order valence-electron chi connectivity index (χ0n) is 11.6. The summed E-state index contributed by atoms with van der Waals surface area (Å²) in [7, 11) is 0. The van der Waals surface area contributed by atoms with Crippen molar-refractivity contribution in [1.29, 1.82) is 0 Å². The molecule has 0 saturated carbocycles. The molecule has 0 atom stereocenters. The van der Waals surface area contributed by atoms with Crippen molar-refractivity contribution < 1.29 is 4.39 Å². The summed E-state index contributed by atoms with van der Waals surface area (Å²) in [4.78, 5) is 6.62. The Morgan fingerprint density at radius 2 is 2.00 bits per heavy atom. The molecular weight excluding hydrogens is 289 g/mol. The van der Waals surface area contributed by atoms with Crippen LogP contribution in [0.2, 0.25) is 5.02 Å². The molecule has 1 N–H and O–H groups in total. The van der Waals surface area contributed by atoms with Crippen LogP contribution < -0.4 is 10.2 Å². The number of halogens is 2. The number of rotatable bonds is 3. The van der Waals surface area contributed by atoms with Gasteiger partial charge < -0.3 is 10.2 Å². The van der Waals surface area contributed by atoms with Crippen molar-refractivity contribution in [2.24, 2.45) is 0 Å². The quantitative estimate of drug-likeness (QED) is 0.930. The van der Waals surface area contributed by atoms with Gasteiger partial charge in [0.25, 0.3) is 0 Å². The molecule has 1 aromatic carbocycles. The molecule has 1 aliphatic heterocycles. The number of benzene rings is 1. The van der Waals surface area contributed by atoms with Crippen LogP contribution in [0.5, 0.6) is 0 Å². The third-order valence-corrected chi connectivity index (χ3v) is 3.99. The van der Waals surface area contributed by atoms with Crippen LogP contribution in [0.1, 0.15) is 12.8 Å². The standard InChI is InChI=1S/C16H17ClFN3/c17-12-4-5-14(18)15(11-12)20-13-6-9-21(10-7-13)16-3-1-2-8-19-16/h1-5,8,11,13,20H,6-7,9-10H2. The molecule has 3 rings (SSSR count). The van der Waals surface area contributed by atoms with E-state index in [9.17, 15) is 4.39 Å². The largest absolute Gasteiger partial charge is 0.380 e. The molecule has 0 aliphatic carbocycles. The van der Waals surface area contributed by atoms with Gasteiger partial charge in [0, 0.05) is 30.4 Å². The first kappa shape index (κ1) is 14.1. The van der Waals surface area contributed by atoms with E-state index in [1.165, 1.54) is 6.07 Å². The third kappa shape index (κ3) is 3.45. The van der Waals surface area contributed by atoms with Crippen LogP contribution in [0.3, 0.4) is 0 Å². The van der Waals surface area contributed by atoms with Crippen molar-refractivity contribution in [2.45, 2.75) is 18.9 Å². The smallest absolute Gasteiger partial charge is 0.146 e. The molecule has 0 radical (unpaired) electrons. The average molecular weight is 306 g/mol. The maximum absolute atomic E-state index is 13.7. The summed E-state index contributed by atoms with van der Waals surface area (Å²) in [5.74, 6) is 0.747. The third-order valence-electron chi connectivity index (χ3n) is 3.76. The summed E-state index contributed by atoms with van der Waals surface area (Å²) >= 11 is 5.91. The minimum atomic E-state index is -0.258. The SMILES string of the molecule is Fc1ccc(Cl)cc1NC1CCN(c2ccccn2)CC1. The molecular formula is C16H17ClFN3. The minimum Gasteiger partial charge on any atom is -0.380 e. The van der Waals surface area contributed by atoms with Crippen LogP contribution in [0.25, 0.3) is 0 Å². The molecule has 1 fully saturated rings. The number of anilines is 2. The van der Waals surface area contributed by atoms with Crippen LogP contribution in [-0.4, -0.2) is 24.1 Å². The highest BCUT2D eigenvalue weighted by atomic mass is 35.5. The number of hydrogen-bond acceptors (Lipinski definition) is 3. The van der Waals surface area contributed by atoms with Crippen molar-refractivity contribution in [3.05, 3.63) is 53.4 Å². The fourth-order valence-corrected chi connectivity index (χ4v) is 2.79. The number of piperidine rings is 1. The predicted octanol–water partition coefficient (Wildman–Crippen LogP) is 3.96. The van der Waals surface area contributed by atoms with Gasteiger partial charge in [0.05, 0.1) is 5.69 Å². The fraction of sp³-hybridized carbons (Fsp3) is 0.312. The van der Waals surface area contributed by atoms with Crippen LogP contribution in [0.15, 0.2) is 42.6 Å². The highest BCUT2D eigenvalue weighted by Gasteiger charge is 2.20. The maximum atomic E-state index is 13.7. The Hall–Kier alpha value is -1.81. The molecule has 0 unspecified atom stereocenters. The minimum absolute atomic E-state index is 0.258. The first-order valence-electron chi connectivity index (χ1n) is 7.10. The molecule has 2 aromatic rings. The molecule has 1 aromatic heterocycles. The number of hydrogen-bond donors (Lipinski definition) is 1. The van der Waals surface area contributed by atoms with Crippen molar-refractivity contribution >= 4 is 23.1 Å². The molecule has 1 aliphatic rings. The summed E-state index contributed by atoms with van der Waals surface area (Å²) in [6.45, 7) is 1.83. The van der Waals surface area contributed by atoms with E-state index in [1.807, 2.05) is 18.2 Å². The molecule has 1 saturated heterocycles. The van der Waals surface area contributed by atoms with E-state index >= 15 is 0 Å². The molecule has 3 nitrogen and oxygen atoms in total. The lowest BCUT2D eigenvalue weighted by Crippen LogP contribution is -2.39. The predicted molar refractivity (Wildman–Crippen MR) is 84.5 cm³/mol. The van der Waals surface area contributed by atoms with Gasteiger partial charge in [-0.3, -0.25) is 0 Å². The van der Waals surface area contributed by atoms with Crippen molar-refractivity contribution in [1.82, 2.24) is 4.98 Å². The molecule has 5 heteroatoms. The van der Waals surface area contributed by atoms with Gasteiger partial charge >= 0.3 is 0 Å². The zero-order chi connectivity index (χ0) is 14.7. The van der Waals surface area contributed by atoms with Gasteiger partial charge in [0.15, 0.2) is 0 Å². The lowest BCUT2D eigenvalue weighted by atomic mass is 10.0. The second-order valence-electron chi connectivity index (χ2n) is 5.22. The Kier molecular flexibility index (Phi) is 4.25. The van der Waals surface area contributed by atoms with Crippen LogP contribution in [-0.2, 0) is 0 Å². The van der Waals surface area contributed by atoms with E-state index < -0.39 is 0 Å². The Bertz CT molecular complexity index is 598. The van der Waals surface area contributed by atoms with Gasteiger partial charge in [-0.15, -0.1) is 0 Å². The number of pyridine rings is 1. The van der Waals surface area contributed by atoms with Crippen molar-refractivity contribution in [3.63, 3.8) is 0 Å². The summed E-state index contributed by atoms with van der Waals surface area (Å²) in [5.41, 5.74) is 0.485. The molecule has 0 bridgehead atoms. The first-order chi connectivity index (χ1) is 10.2. The fourth-order valence-electron chi connectivity index (χ4n) is 2.62. The lowest BCUT2D eigenvalue weighted by molar-refractivity contribution is 0.519. The number of nitrogens with zero attached hydrogens (tertiary/aromatic N) is 2. The second-order valence-corrected chi connectivity index (χ2v) is 5.65. The average Bonchev–Trinajstić information content (AvgIpc) is 2.53. The Morgan fingerprint density at radius 3 is 2.71 bits per heavy atom. The van der Waals surface area contributed by atoms with Crippen LogP contribution >= 0.6 is 11.6 Å². The van der Waals surface area contributed by atoms with Crippen LogP contribution in [0, 0.1) is 5.82 Å². The van der Waals surface area contributed by atoms with Crippen molar-refractivity contribution in [2.75, 3.05) is 23.3 Å². The van der Waals surface area contributed by atoms with E-state index in [1.54, 1.807) is 18.3 Å². The zero-order valence-corrected chi connectivity index (χ0v) is 12.4. The van der Waals surface area contributed by atoms with Crippen molar-refractivity contribution in [3.8, 4) is 0 Å². The van der Waals surface area contributed by atoms with E-state index in [2.05, 4.69) is 15.2 Å². The molecule has 0 spiro atoms. The summed E-state index contributed by atoms with van der Waals surface area (Å²) in [5, 5.41) is 3.80. The topological polar surface area (TPSA) is 28.2 Å². The first-order valence-corrected chi connectivity index (χ1v) is 7.48. The van der Waals surface area contributed by atoms with E-state index in [0.717, 1.165) is 31.7 Å². The normalized spacial score (nSPS) is 16.0. The highest BCUT2D eigenvalue weighted by Crippen LogP contribution is 2.24. The maximum Gasteiger partial charge on any atom is 0.146 e. The lowest BCUT2D eigenvalue weighted by Gasteiger charge is -2.33. The van der Waals surface area contributed by atoms with Gasteiger partial charge in [-0.05, 0) is 43.2 Å². The van der Waals surface area contributed by atoms with E-state index in [-0.39, 0.29) is 11.9 Å². The summed E-state index contributed by atoms with van der Waals surface area (Å²) in [6.07, 6.45) is 3.70. The Morgan fingerprint density at radius 1 is 1.19 bits per heavy atom. The van der Waals surface area contributed by atoms with E-state index in [0.29, 0.717) is 10.7 Å². The van der Waals surface area contributed by atoms with Gasteiger partial charge in [-0.1, -0.05) is 17.7 Å². The molecule has 110 valence electrons. The van der Waals surface area contributed by atoms with Gasteiger partial charge in [0.2, 0.25) is 0 Å². The summed E-state index contributed by atoms with van der Waals surface area (Å²) in [6, 6.07) is 10.8.